The third-order valence-electron chi connectivity index (χ3n) is 7.41. The number of carbonyl (C=O) groups excluding carboxylic acids is 1. The lowest BCUT2D eigenvalue weighted by molar-refractivity contribution is -0.139. The Morgan fingerprint density at radius 2 is 1.56 bits per heavy atom. The minimum absolute atomic E-state index is 0.0233. The van der Waals surface area contributed by atoms with Crippen molar-refractivity contribution in [3.63, 3.8) is 0 Å². The molecule has 184 valence electrons. The van der Waals surface area contributed by atoms with Crippen molar-refractivity contribution >= 4 is 15.9 Å². The molecule has 2 unspecified atom stereocenters. The number of sulfonamides is 1. The predicted molar refractivity (Wildman–Crippen MR) is 135 cm³/mol. The molecule has 0 saturated carbocycles. The van der Waals surface area contributed by atoms with E-state index in [1.807, 2.05) is 30.0 Å². The first-order valence-electron chi connectivity index (χ1n) is 12.2. The minimum Gasteiger partial charge on any atom is -0.334 e. The predicted octanol–water partition coefficient (Wildman–Crippen LogP) is 3.82. The summed E-state index contributed by atoms with van der Waals surface area (Å²) in [4.78, 5) is 17.8. The highest BCUT2D eigenvalue weighted by atomic mass is 32.2. The molecule has 6 nitrogen and oxygen atoms in total. The van der Waals surface area contributed by atoms with Crippen LogP contribution in [0.5, 0.6) is 0 Å². The Morgan fingerprint density at radius 3 is 2.18 bits per heavy atom. The Morgan fingerprint density at radius 1 is 0.941 bits per heavy atom. The summed E-state index contributed by atoms with van der Waals surface area (Å²) in [5.41, 5.74) is 3.63. The third-order valence-corrected chi connectivity index (χ3v) is 9.33. The van der Waals surface area contributed by atoms with Gasteiger partial charge in [-0.1, -0.05) is 57.2 Å². The fraction of sp³-hybridized carbons (Fsp3) is 0.519. The van der Waals surface area contributed by atoms with E-state index in [1.54, 1.807) is 16.4 Å². The zero-order valence-corrected chi connectivity index (χ0v) is 21.8. The van der Waals surface area contributed by atoms with Gasteiger partial charge in [-0.3, -0.25) is 9.69 Å². The van der Waals surface area contributed by atoms with Crippen LogP contribution in [0.3, 0.4) is 0 Å². The van der Waals surface area contributed by atoms with Crippen molar-refractivity contribution in [2.24, 2.45) is 0 Å². The van der Waals surface area contributed by atoms with Gasteiger partial charge in [-0.2, -0.15) is 4.31 Å². The molecule has 7 heteroatoms. The summed E-state index contributed by atoms with van der Waals surface area (Å²) in [6.45, 7) is 13.0. The maximum absolute atomic E-state index is 13.4. The summed E-state index contributed by atoms with van der Waals surface area (Å²) >= 11 is 0. The molecule has 2 aliphatic heterocycles. The standard InChI is InChI=1S/C27H37N3O3S/c1-20-25-9-7-6-8-22(25)14-15-30(20)26(31)21(2)28-16-18-29(19-17-28)34(32,33)24-12-10-23(11-13-24)27(3,4)5/h6-13,20-21H,14-19H2,1-5H3. The van der Waals surface area contributed by atoms with Crippen molar-refractivity contribution in [3.05, 3.63) is 65.2 Å². The second kappa shape index (κ2) is 9.44. The molecule has 34 heavy (non-hydrogen) atoms. The molecule has 1 saturated heterocycles. The van der Waals surface area contributed by atoms with Gasteiger partial charge in [-0.05, 0) is 54.5 Å². The maximum atomic E-state index is 13.4. The second-order valence-electron chi connectivity index (χ2n) is 10.5. The second-order valence-corrected chi connectivity index (χ2v) is 12.5. The SMILES string of the molecule is CC(C(=O)N1CCc2ccccc2C1C)N1CCN(S(=O)(=O)c2ccc(C(C)(C)C)cc2)CC1. The molecule has 1 fully saturated rings. The monoisotopic (exact) mass is 483 g/mol. The number of benzene rings is 2. The molecule has 2 atom stereocenters. The zero-order valence-electron chi connectivity index (χ0n) is 21.0. The Hall–Kier alpha value is -2.22. The van der Waals surface area contributed by atoms with Crippen molar-refractivity contribution in [1.82, 2.24) is 14.1 Å². The molecule has 2 aromatic rings. The quantitative estimate of drug-likeness (QED) is 0.663. The minimum atomic E-state index is -3.55. The van der Waals surface area contributed by atoms with Crippen LogP contribution in [0.2, 0.25) is 0 Å². The lowest BCUT2D eigenvalue weighted by Crippen LogP contribution is -2.56. The first kappa shape index (κ1) is 24.9. The number of fused-ring (bicyclic) bond motifs is 1. The van der Waals surface area contributed by atoms with Gasteiger partial charge < -0.3 is 4.90 Å². The molecule has 0 aliphatic carbocycles. The molecule has 2 aromatic carbocycles. The average Bonchev–Trinajstić information content (AvgIpc) is 2.83. The Kier molecular flexibility index (Phi) is 6.91. The van der Waals surface area contributed by atoms with Gasteiger partial charge in [0.15, 0.2) is 0 Å². The van der Waals surface area contributed by atoms with E-state index >= 15 is 0 Å². The molecule has 0 spiro atoms. The molecule has 2 heterocycles. The van der Waals surface area contributed by atoms with Crippen LogP contribution in [0.4, 0.5) is 0 Å². The van der Waals surface area contributed by atoms with Gasteiger partial charge in [0.2, 0.25) is 15.9 Å². The Bertz CT molecular complexity index is 1130. The molecule has 0 aromatic heterocycles. The van der Waals surface area contributed by atoms with Crippen molar-refractivity contribution in [3.8, 4) is 0 Å². The van der Waals surface area contributed by atoms with Crippen molar-refractivity contribution in [2.45, 2.75) is 63.4 Å². The number of rotatable bonds is 4. The van der Waals surface area contributed by atoms with Gasteiger partial charge in [0.1, 0.15) is 0 Å². The molecular formula is C27H37N3O3S. The van der Waals surface area contributed by atoms with Gasteiger partial charge in [0.25, 0.3) is 0 Å². The lowest BCUT2D eigenvalue weighted by atomic mass is 9.87. The molecule has 2 aliphatic rings. The van der Waals surface area contributed by atoms with Gasteiger partial charge in [0, 0.05) is 32.7 Å². The topological polar surface area (TPSA) is 60.9 Å². The van der Waals surface area contributed by atoms with E-state index in [9.17, 15) is 13.2 Å². The summed E-state index contributed by atoms with van der Waals surface area (Å²) in [7, 11) is -3.55. The van der Waals surface area contributed by atoms with E-state index in [2.05, 4.69) is 50.8 Å². The molecular weight excluding hydrogens is 446 g/mol. The number of hydrogen-bond acceptors (Lipinski definition) is 4. The molecule has 4 rings (SSSR count). The fourth-order valence-corrected chi connectivity index (χ4v) is 6.50. The fourth-order valence-electron chi connectivity index (χ4n) is 5.08. The lowest BCUT2D eigenvalue weighted by Gasteiger charge is -2.41. The zero-order chi connectivity index (χ0) is 24.7. The van der Waals surface area contributed by atoms with Crippen LogP contribution >= 0.6 is 0 Å². The first-order valence-corrected chi connectivity index (χ1v) is 13.7. The number of piperazine rings is 1. The van der Waals surface area contributed by atoms with E-state index in [-0.39, 0.29) is 23.4 Å². The van der Waals surface area contributed by atoms with E-state index in [1.165, 1.54) is 11.1 Å². The maximum Gasteiger partial charge on any atom is 0.243 e. The van der Waals surface area contributed by atoms with Crippen LogP contribution in [0.1, 0.15) is 57.4 Å². The number of nitrogens with zero attached hydrogens (tertiary/aromatic N) is 3. The van der Waals surface area contributed by atoms with Gasteiger partial charge in [-0.15, -0.1) is 0 Å². The van der Waals surface area contributed by atoms with Crippen LogP contribution in [-0.2, 0) is 26.7 Å². The first-order chi connectivity index (χ1) is 16.0. The molecule has 0 radical (unpaired) electrons. The van der Waals surface area contributed by atoms with Crippen LogP contribution in [0, 0.1) is 0 Å². The molecule has 0 N–H and O–H groups in total. The van der Waals surface area contributed by atoms with Crippen LogP contribution in [0.15, 0.2) is 53.4 Å². The third kappa shape index (κ3) is 4.79. The smallest absolute Gasteiger partial charge is 0.243 e. The summed E-state index contributed by atoms with van der Waals surface area (Å²) < 4.78 is 27.9. The number of hydrogen-bond donors (Lipinski definition) is 0. The summed E-state index contributed by atoms with van der Waals surface area (Å²) in [5.74, 6) is 0.121. The Labute approximate surface area is 204 Å². The van der Waals surface area contributed by atoms with Gasteiger partial charge >= 0.3 is 0 Å². The van der Waals surface area contributed by atoms with E-state index < -0.39 is 10.0 Å². The van der Waals surface area contributed by atoms with Crippen molar-refractivity contribution in [1.29, 1.82) is 0 Å². The van der Waals surface area contributed by atoms with Crippen LogP contribution < -0.4 is 0 Å². The van der Waals surface area contributed by atoms with Crippen molar-refractivity contribution in [2.75, 3.05) is 32.7 Å². The number of carbonyl (C=O) groups is 1. The highest BCUT2D eigenvalue weighted by molar-refractivity contribution is 7.89. The highest BCUT2D eigenvalue weighted by Crippen LogP contribution is 2.30. The van der Waals surface area contributed by atoms with Crippen molar-refractivity contribution < 1.29 is 13.2 Å². The summed E-state index contributed by atoms with van der Waals surface area (Å²) in [6.07, 6.45) is 0.874. The van der Waals surface area contributed by atoms with Crippen LogP contribution in [0.25, 0.3) is 0 Å². The van der Waals surface area contributed by atoms with Crippen LogP contribution in [-0.4, -0.2) is 67.2 Å². The van der Waals surface area contributed by atoms with E-state index in [0.29, 0.717) is 31.1 Å². The van der Waals surface area contributed by atoms with E-state index in [4.69, 9.17) is 0 Å². The van der Waals surface area contributed by atoms with E-state index in [0.717, 1.165) is 18.5 Å². The summed E-state index contributed by atoms with van der Waals surface area (Å²) in [6, 6.07) is 15.4. The largest absolute Gasteiger partial charge is 0.334 e. The number of amides is 1. The normalized spacial score (nSPS) is 21.2. The summed E-state index contributed by atoms with van der Waals surface area (Å²) in [5, 5.41) is 0. The molecule has 0 bridgehead atoms. The highest BCUT2D eigenvalue weighted by Gasteiger charge is 2.35. The molecule has 1 amide bonds. The van der Waals surface area contributed by atoms with Gasteiger partial charge in [0.05, 0.1) is 17.0 Å². The Balaban J connectivity index is 1.39. The van der Waals surface area contributed by atoms with Gasteiger partial charge in [-0.25, -0.2) is 8.42 Å². The average molecular weight is 484 g/mol.